The molecule has 0 unspecified atom stereocenters. The molecular formula is C23H27ClN4O6. The number of halogens is 1. The zero-order valence-corrected chi connectivity index (χ0v) is 20.0. The summed E-state index contributed by atoms with van der Waals surface area (Å²) in [6.07, 6.45) is -0.0549. The van der Waals surface area contributed by atoms with Gasteiger partial charge >= 0.3 is 11.7 Å². The second-order valence-electron chi connectivity index (χ2n) is 8.71. The first-order valence-electron chi connectivity index (χ1n) is 10.8. The van der Waals surface area contributed by atoms with Gasteiger partial charge in [0.05, 0.1) is 5.92 Å². The minimum Gasteiger partial charge on any atom is -0.457 e. The normalized spacial score (nSPS) is 15.7. The highest BCUT2D eigenvalue weighted by atomic mass is 35.5. The third-order valence-corrected chi connectivity index (χ3v) is 5.99. The molecule has 1 aromatic heterocycles. The van der Waals surface area contributed by atoms with E-state index >= 15 is 0 Å². The number of benzene rings is 1. The molecule has 1 atom stereocenters. The van der Waals surface area contributed by atoms with E-state index in [0.717, 1.165) is 14.7 Å². The maximum atomic E-state index is 12.7. The van der Waals surface area contributed by atoms with Gasteiger partial charge in [-0.3, -0.25) is 28.3 Å². The molecule has 1 saturated heterocycles. The van der Waals surface area contributed by atoms with Gasteiger partial charge in [-0.15, -0.1) is 0 Å². The number of Topliss-reactive ketones (excluding diaryl/α,β-unsaturated/α-hetero) is 1. The van der Waals surface area contributed by atoms with Crippen LogP contribution in [0.4, 0.5) is 5.82 Å². The topological polar surface area (TPSA) is 134 Å². The van der Waals surface area contributed by atoms with Gasteiger partial charge in [0, 0.05) is 38.1 Å². The predicted molar refractivity (Wildman–Crippen MR) is 125 cm³/mol. The van der Waals surface area contributed by atoms with E-state index in [-0.39, 0.29) is 43.7 Å². The summed E-state index contributed by atoms with van der Waals surface area (Å²) in [7, 11) is 1.25. The van der Waals surface area contributed by atoms with Crippen LogP contribution in [-0.4, -0.2) is 44.8 Å². The van der Waals surface area contributed by atoms with Crippen LogP contribution in [0.1, 0.15) is 36.2 Å². The lowest BCUT2D eigenvalue weighted by Gasteiger charge is -2.17. The monoisotopic (exact) mass is 490 g/mol. The summed E-state index contributed by atoms with van der Waals surface area (Å²) in [6, 6.07) is 7.10. The number of nitrogen functional groups attached to an aromatic ring is 1. The van der Waals surface area contributed by atoms with Crippen molar-refractivity contribution >= 4 is 35.1 Å². The second kappa shape index (κ2) is 10.3. The summed E-state index contributed by atoms with van der Waals surface area (Å²) in [4.78, 5) is 64.1. The largest absolute Gasteiger partial charge is 0.457 e. The van der Waals surface area contributed by atoms with Crippen LogP contribution in [0.25, 0.3) is 0 Å². The van der Waals surface area contributed by atoms with Gasteiger partial charge < -0.3 is 15.4 Å². The van der Waals surface area contributed by atoms with Crippen molar-refractivity contribution in [2.75, 3.05) is 18.9 Å². The van der Waals surface area contributed by atoms with Crippen molar-refractivity contribution in [3.8, 4) is 0 Å². The summed E-state index contributed by atoms with van der Waals surface area (Å²) in [5, 5.41) is 0.518. The fraction of sp³-hybridized carbons (Fsp3) is 0.435. The van der Waals surface area contributed by atoms with Crippen molar-refractivity contribution in [2.24, 2.45) is 18.9 Å². The standard InChI is InChI=1S/C23H27ClN4O6/c1-13(2)9-28-20(25)19(21(31)26(3)23(28)33)17(29)12-34-22(32)15-8-18(30)27(11-15)10-14-6-4-5-7-16(14)24/h4-7,13,15H,8-12,25H2,1-3H3/t15-/m0/s1. The number of nitrogens with two attached hydrogens (primary N) is 1. The molecule has 1 fully saturated rings. The first-order valence-corrected chi connectivity index (χ1v) is 11.2. The third-order valence-electron chi connectivity index (χ3n) is 5.62. The molecule has 1 aliphatic heterocycles. The van der Waals surface area contributed by atoms with Crippen molar-refractivity contribution in [1.82, 2.24) is 14.0 Å². The highest BCUT2D eigenvalue weighted by Gasteiger charge is 2.36. The lowest BCUT2D eigenvalue weighted by molar-refractivity contribution is -0.147. The number of hydrogen-bond donors (Lipinski definition) is 1. The molecule has 34 heavy (non-hydrogen) atoms. The van der Waals surface area contributed by atoms with Gasteiger partial charge in [0.1, 0.15) is 11.4 Å². The van der Waals surface area contributed by atoms with Crippen molar-refractivity contribution in [1.29, 1.82) is 0 Å². The number of rotatable bonds is 8. The van der Waals surface area contributed by atoms with E-state index in [1.54, 1.807) is 24.3 Å². The number of nitrogens with zero attached hydrogens (tertiary/aromatic N) is 3. The Bertz CT molecular complexity index is 1250. The molecule has 0 aliphatic carbocycles. The Hall–Kier alpha value is -3.40. The molecule has 0 bridgehead atoms. The summed E-state index contributed by atoms with van der Waals surface area (Å²) in [6.45, 7) is 3.58. The molecule has 11 heteroatoms. The lowest BCUT2D eigenvalue weighted by Crippen LogP contribution is -2.43. The Morgan fingerprint density at radius 3 is 2.53 bits per heavy atom. The van der Waals surface area contributed by atoms with E-state index in [2.05, 4.69) is 0 Å². The molecule has 10 nitrogen and oxygen atoms in total. The van der Waals surface area contributed by atoms with Crippen LogP contribution in [-0.2, 0) is 34.5 Å². The molecule has 1 aliphatic rings. The lowest BCUT2D eigenvalue weighted by atomic mass is 10.1. The average molecular weight is 491 g/mol. The summed E-state index contributed by atoms with van der Waals surface area (Å²) < 4.78 is 7.09. The van der Waals surface area contributed by atoms with E-state index in [0.29, 0.717) is 5.02 Å². The highest BCUT2D eigenvalue weighted by molar-refractivity contribution is 6.31. The van der Waals surface area contributed by atoms with E-state index in [9.17, 15) is 24.0 Å². The Kier molecular flexibility index (Phi) is 7.61. The average Bonchev–Trinajstić information content (AvgIpc) is 3.15. The number of ether oxygens (including phenoxy) is 1. The van der Waals surface area contributed by atoms with E-state index < -0.39 is 41.1 Å². The van der Waals surface area contributed by atoms with Gasteiger partial charge in [0.25, 0.3) is 5.56 Å². The van der Waals surface area contributed by atoms with Crippen LogP contribution in [0.15, 0.2) is 33.9 Å². The molecule has 0 saturated carbocycles. The Balaban J connectivity index is 1.69. The number of amides is 1. The molecule has 0 radical (unpaired) electrons. The fourth-order valence-corrected chi connectivity index (χ4v) is 4.02. The van der Waals surface area contributed by atoms with E-state index in [1.807, 2.05) is 13.8 Å². The van der Waals surface area contributed by atoms with Crippen LogP contribution in [0.2, 0.25) is 5.02 Å². The molecule has 182 valence electrons. The number of carbonyl (C=O) groups is 3. The molecule has 2 heterocycles. The van der Waals surface area contributed by atoms with Gasteiger partial charge in [-0.1, -0.05) is 43.6 Å². The summed E-state index contributed by atoms with van der Waals surface area (Å²) >= 11 is 6.15. The first kappa shape index (κ1) is 25.2. The number of likely N-dealkylation sites (tertiary alicyclic amines) is 1. The number of anilines is 1. The fourth-order valence-electron chi connectivity index (χ4n) is 3.83. The van der Waals surface area contributed by atoms with Crippen LogP contribution < -0.4 is 17.0 Å². The second-order valence-corrected chi connectivity index (χ2v) is 9.12. The third kappa shape index (κ3) is 5.22. The Labute approximate surface area is 200 Å². The number of ketones is 1. The van der Waals surface area contributed by atoms with Gasteiger partial charge in [-0.2, -0.15) is 0 Å². The minimum atomic E-state index is -0.856. The van der Waals surface area contributed by atoms with Gasteiger partial charge in [-0.25, -0.2) is 4.79 Å². The maximum absolute atomic E-state index is 12.7. The number of aromatic nitrogens is 2. The zero-order chi connectivity index (χ0) is 25.2. The molecule has 0 spiro atoms. The van der Waals surface area contributed by atoms with Gasteiger partial charge in [0.15, 0.2) is 6.61 Å². The van der Waals surface area contributed by atoms with Crippen LogP contribution in [0.3, 0.4) is 0 Å². The summed E-state index contributed by atoms with van der Waals surface area (Å²) in [5.41, 5.74) is 4.84. The van der Waals surface area contributed by atoms with E-state index in [4.69, 9.17) is 22.1 Å². The molecular weight excluding hydrogens is 464 g/mol. The molecule has 1 amide bonds. The highest BCUT2D eigenvalue weighted by Crippen LogP contribution is 2.24. The predicted octanol–water partition coefficient (Wildman–Crippen LogP) is 1.21. The van der Waals surface area contributed by atoms with Gasteiger partial charge in [-0.05, 0) is 17.5 Å². The quantitative estimate of drug-likeness (QED) is 0.434. The maximum Gasteiger partial charge on any atom is 0.332 e. The molecule has 3 rings (SSSR count). The zero-order valence-electron chi connectivity index (χ0n) is 19.2. The smallest absolute Gasteiger partial charge is 0.332 e. The van der Waals surface area contributed by atoms with Crippen LogP contribution >= 0.6 is 11.6 Å². The first-order chi connectivity index (χ1) is 16.0. The SMILES string of the molecule is CC(C)Cn1c(N)c(C(=O)COC(=O)[C@H]2CC(=O)N(Cc3ccccc3Cl)C2)c(=O)n(C)c1=O. The Morgan fingerprint density at radius 1 is 1.21 bits per heavy atom. The van der Waals surface area contributed by atoms with Crippen molar-refractivity contribution in [3.63, 3.8) is 0 Å². The Morgan fingerprint density at radius 2 is 1.88 bits per heavy atom. The number of esters is 1. The molecule has 1 aromatic carbocycles. The van der Waals surface area contributed by atoms with Crippen LogP contribution in [0.5, 0.6) is 0 Å². The van der Waals surface area contributed by atoms with Crippen molar-refractivity contribution < 1.29 is 19.1 Å². The van der Waals surface area contributed by atoms with E-state index in [1.165, 1.54) is 11.9 Å². The van der Waals surface area contributed by atoms with Gasteiger partial charge in [0.2, 0.25) is 11.7 Å². The minimum absolute atomic E-state index is 0.0342. The van der Waals surface area contributed by atoms with Crippen LogP contribution in [0, 0.1) is 11.8 Å². The molecule has 2 aromatic rings. The summed E-state index contributed by atoms with van der Waals surface area (Å²) in [5.74, 6) is -2.75. The molecule has 2 N–H and O–H groups in total. The van der Waals surface area contributed by atoms with Crippen molar-refractivity contribution in [2.45, 2.75) is 33.4 Å². The number of carbonyl (C=O) groups excluding carboxylic acids is 3. The van der Waals surface area contributed by atoms with Crippen molar-refractivity contribution in [3.05, 3.63) is 61.3 Å². The number of hydrogen-bond acceptors (Lipinski definition) is 7.